The molecule has 16 heavy (non-hydrogen) atoms. The third-order valence-corrected chi connectivity index (χ3v) is 2.76. The molecular weight excluding hydrogens is 202 g/mol. The van der Waals surface area contributed by atoms with Crippen molar-refractivity contribution in [3.8, 4) is 0 Å². The fraction of sp³-hybridized carbons (Fsp3) is 0.923. The Balaban J connectivity index is 2.16. The predicted molar refractivity (Wildman–Crippen MR) is 65.3 cm³/mol. The van der Waals surface area contributed by atoms with Gasteiger partial charge in [0.2, 0.25) is 5.91 Å². The van der Waals surface area contributed by atoms with Crippen LogP contribution in [0.3, 0.4) is 0 Å². The smallest absolute Gasteiger partial charge is 0.222 e. The Kier molecular flexibility index (Phi) is 5.81. The van der Waals surface area contributed by atoms with E-state index in [1.165, 1.54) is 12.8 Å². The first-order valence-corrected chi connectivity index (χ1v) is 6.56. The molecule has 0 spiro atoms. The van der Waals surface area contributed by atoms with Crippen LogP contribution in [0.1, 0.15) is 52.9 Å². The van der Waals surface area contributed by atoms with Gasteiger partial charge in [-0.05, 0) is 39.5 Å². The molecular formula is C13H25NO2. The van der Waals surface area contributed by atoms with Crippen LogP contribution in [0.4, 0.5) is 0 Å². The van der Waals surface area contributed by atoms with E-state index in [0.29, 0.717) is 25.0 Å². The first-order chi connectivity index (χ1) is 7.65. The lowest BCUT2D eigenvalue weighted by atomic mass is 10.2. The van der Waals surface area contributed by atoms with Crippen LogP contribution in [0.25, 0.3) is 0 Å². The third kappa shape index (κ3) is 4.97. The highest BCUT2D eigenvalue weighted by molar-refractivity contribution is 5.76. The van der Waals surface area contributed by atoms with Crippen molar-refractivity contribution in [3.05, 3.63) is 0 Å². The summed E-state index contributed by atoms with van der Waals surface area (Å²) >= 11 is 0. The lowest BCUT2D eigenvalue weighted by Crippen LogP contribution is -2.33. The molecule has 0 aliphatic heterocycles. The van der Waals surface area contributed by atoms with Crippen molar-refractivity contribution in [1.82, 2.24) is 4.90 Å². The largest absolute Gasteiger partial charge is 0.379 e. The van der Waals surface area contributed by atoms with E-state index in [2.05, 4.69) is 11.8 Å². The third-order valence-electron chi connectivity index (χ3n) is 2.76. The molecule has 94 valence electrons. The minimum Gasteiger partial charge on any atom is -0.379 e. The topological polar surface area (TPSA) is 29.5 Å². The molecule has 0 N–H and O–H groups in total. The number of amides is 1. The van der Waals surface area contributed by atoms with Crippen molar-refractivity contribution < 1.29 is 9.53 Å². The second kappa shape index (κ2) is 6.89. The molecule has 1 saturated carbocycles. The van der Waals surface area contributed by atoms with Crippen LogP contribution in [0.15, 0.2) is 0 Å². The van der Waals surface area contributed by atoms with E-state index < -0.39 is 0 Å². The van der Waals surface area contributed by atoms with Crippen LogP contribution in [0.2, 0.25) is 0 Å². The molecule has 0 heterocycles. The van der Waals surface area contributed by atoms with Crippen molar-refractivity contribution in [2.75, 3.05) is 13.2 Å². The van der Waals surface area contributed by atoms with Gasteiger partial charge in [0.1, 0.15) is 0 Å². The Morgan fingerprint density at radius 2 is 2.12 bits per heavy atom. The molecule has 3 heteroatoms. The van der Waals surface area contributed by atoms with Gasteiger partial charge in [0.25, 0.3) is 0 Å². The SMILES string of the molecule is CCCN(C(=O)CCCOC(C)C)C1CC1. The van der Waals surface area contributed by atoms with Crippen LogP contribution < -0.4 is 0 Å². The normalized spacial score (nSPS) is 15.5. The minimum absolute atomic E-state index is 0.269. The minimum atomic E-state index is 0.269. The molecule has 1 aliphatic rings. The maximum Gasteiger partial charge on any atom is 0.222 e. The molecule has 3 nitrogen and oxygen atoms in total. The van der Waals surface area contributed by atoms with E-state index in [-0.39, 0.29) is 6.10 Å². The van der Waals surface area contributed by atoms with E-state index in [1.54, 1.807) is 0 Å². The molecule has 0 radical (unpaired) electrons. The van der Waals surface area contributed by atoms with Gasteiger partial charge in [-0.25, -0.2) is 0 Å². The van der Waals surface area contributed by atoms with Gasteiger partial charge in [-0.3, -0.25) is 4.79 Å². The maximum atomic E-state index is 11.9. The van der Waals surface area contributed by atoms with Gasteiger partial charge >= 0.3 is 0 Å². The highest BCUT2D eigenvalue weighted by atomic mass is 16.5. The number of hydrogen-bond donors (Lipinski definition) is 0. The van der Waals surface area contributed by atoms with Crippen LogP contribution in [0.5, 0.6) is 0 Å². The molecule has 1 aliphatic carbocycles. The zero-order valence-corrected chi connectivity index (χ0v) is 10.9. The summed E-state index contributed by atoms with van der Waals surface area (Å²) in [6, 6.07) is 0.554. The summed E-state index contributed by atoms with van der Waals surface area (Å²) in [5.74, 6) is 0.316. The van der Waals surface area contributed by atoms with Gasteiger partial charge in [-0.1, -0.05) is 6.92 Å². The average Bonchev–Trinajstić information content (AvgIpc) is 3.04. The van der Waals surface area contributed by atoms with Crippen molar-refractivity contribution in [2.45, 2.75) is 65.0 Å². The van der Waals surface area contributed by atoms with Gasteiger partial charge in [0.15, 0.2) is 0 Å². The number of nitrogens with zero attached hydrogens (tertiary/aromatic N) is 1. The van der Waals surface area contributed by atoms with Crippen LogP contribution in [-0.2, 0) is 9.53 Å². The van der Waals surface area contributed by atoms with Gasteiger partial charge in [-0.2, -0.15) is 0 Å². The summed E-state index contributed by atoms with van der Waals surface area (Å²) in [6.07, 6.45) is 5.23. The zero-order chi connectivity index (χ0) is 12.0. The number of carbonyl (C=O) groups is 1. The molecule has 1 fully saturated rings. The van der Waals surface area contributed by atoms with Gasteiger partial charge in [0.05, 0.1) is 6.10 Å². The fourth-order valence-corrected chi connectivity index (χ4v) is 1.82. The molecule has 0 aromatic carbocycles. The molecule has 0 aromatic heterocycles. The Hall–Kier alpha value is -0.570. The van der Waals surface area contributed by atoms with Crippen LogP contribution in [-0.4, -0.2) is 36.1 Å². The summed E-state index contributed by atoms with van der Waals surface area (Å²) in [5.41, 5.74) is 0. The maximum absolute atomic E-state index is 11.9. The predicted octanol–water partition coefficient (Wildman–Crippen LogP) is 2.59. The molecule has 0 unspecified atom stereocenters. The van der Waals surface area contributed by atoms with Crippen LogP contribution >= 0.6 is 0 Å². The standard InChI is InChI=1S/C13H25NO2/c1-4-9-14(12-7-8-12)13(15)6-5-10-16-11(2)3/h11-12H,4-10H2,1-3H3. The average molecular weight is 227 g/mol. The highest BCUT2D eigenvalue weighted by Gasteiger charge is 2.31. The van der Waals surface area contributed by atoms with Crippen molar-refractivity contribution in [1.29, 1.82) is 0 Å². The summed E-state index contributed by atoms with van der Waals surface area (Å²) in [5, 5.41) is 0. The molecule has 0 aromatic rings. The van der Waals surface area contributed by atoms with Gasteiger partial charge in [0, 0.05) is 25.6 Å². The molecule has 1 rings (SSSR count). The summed E-state index contributed by atoms with van der Waals surface area (Å²) < 4.78 is 5.44. The fourth-order valence-electron chi connectivity index (χ4n) is 1.82. The number of hydrogen-bond acceptors (Lipinski definition) is 2. The Morgan fingerprint density at radius 1 is 1.44 bits per heavy atom. The molecule has 0 atom stereocenters. The Bertz CT molecular complexity index is 212. The number of ether oxygens (including phenoxy) is 1. The van der Waals surface area contributed by atoms with Crippen molar-refractivity contribution in [3.63, 3.8) is 0 Å². The molecule has 0 bridgehead atoms. The zero-order valence-electron chi connectivity index (χ0n) is 10.9. The molecule has 0 saturated heterocycles. The monoisotopic (exact) mass is 227 g/mol. The highest BCUT2D eigenvalue weighted by Crippen LogP contribution is 2.27. The first-order valence-electron chi connectivity index (χ1n) is 6.56. The Labute approximate surface area is 99.1 Å². The van der Waals surface area contributed by atoms with Crippen molar-refractivity contribution >= 4 is 5.91 Å². The second-order valence-corrected chi connectivity index (χ2v) is 4.84. The van der Waals surface area contributed by atoms with Gasteiger partial charge < -0.3 is 9.64 Å². The lowest BCUT2D eigenvalue weighted by molar-refractivity contribution is -0.132. The number of carbonyl (C=O) groups excluding carboxylic acids is 1. The number of rotatable bonds is 8. The Morgan fingerprint density at radius 3 is 2.62 bits per heavy atom. The van der Waals surface area contributed by atoms with E-state index in [0.717, 1.165) is 19.4 Å². The lowest BCUT2D eigenvalue weighted by Gasteiger charge is -2.21. The summed E-state index contributed by atoms with van der Waals surface area (Å²) in [6.45, 7) is 7.80. The van der Waals surface area contributed by atoms with E-state index in [1.807, 2.05) is 13.8 Å². The van der Waals surface area contributed by atoms with E-state index >= 15 is 0 Å². The summed E-state index contributed by atoms with van der Waals surface area (Å²) in [7, 11) is 0. The van der Waals surface area contributed by atoms with Gasteiger partial charge in [-0.15, -0.1) is 0 Å². The second-order valence-electron chi connectivity index (χ2n) is 4.84. The quantitative estimate of drug-likeness (QED) is 0.596. The first kappa shape index (κ1) is 13.5. The summed E-state index contributed by atoms with van der Waals surface area (Å²) in [4.78, 5) is 14.0. The van der Waals surface area contributed by atoms with E-state index in [4.69, 9.17) is 4.74 Å². The molecule has 1 amide bonds. The van der Waals surface area contributed by atoms with E-state index in [9.17, 15) is 4.79 Å². The van der Waals surface area contributed by atoms with Crippen molar-refractivity contribution in [2.24, 2.45) is 0 Å². The van der Waals surface area contributed by atoms with Crippen LogP contribution in [0, 0.1) is 0 Å².